The monoisotopic (exact) mass is 398 g/mol. The zero-order valence-electron chi connectivity index (χ0n) is 18.9. The topological polar surface area (TPSA) is 57.5 Å². The number of carbonyl (C=O) groups is 1. The van der Waals surface area contributed by atoms with Crippen LogP contribution in [0.2, 0.25) is 0 Å². The van der Waals surface area contributed by atoms with Crippen molar-refractivity contribution in [2.45, 2.75) is 154 Å². The lowest BCUT2D eigenvalue weighted by Gasteiger charge is -2.10. The second-order valence-corrected chi connectivity index (χ2v) is 8.74. The summed E-state index contributed by atoms with van der Waals surface area (Å²) in [6.45, 7) is 2.28. The largest absolute Gasteiger partial charge is 0.481 e. The van der Waals surface area contributed by atoms with Gasteiger partial charge in [0.2, 0.25) is 0 Å². The predicted octanol–water partition coefficient (Wildman–Crippen LogP) is 8.03. The number of rotatable bonds is 23. The van der Waals surface area contributed by atoms with Gasteiger partial charge in [0.15, 0.2) is 0 Å². The van der Waals surface area contributed by atoms with E-state index in [1.165, 1.54) is 96.3 Å². The number of aliphatic hydroxyl groups excluding tert-OH is 1. The molecule has 0 amide bonds. The summed E-state index contributed by atoms with van der Waals surface area (Å²) in [5.41, 5.74) is 0. The van der Waals surface area contributed by atoms with Crippen LogP contribution < -0.4 is 0 Å². The van der Waals surface area contributed by atoms with Gasteiger partial charge in [-0.05, 0) is 19.3 Å². The highest BCUT2D eigenvalue weighted by molar-refractivity contribution is 5.66. The minimum Gasteiger partial charge on any atom is -0.481 e. The molecule has 3 heteroatoms. The molecule has 1 unspecified atom stereocenters. The van der Waals surface area contributed by atoms with Gasteiger partial charge >= 0.3 is 5.97 Å². The van der Waals surface area contributed by atoms with Crippen molar-refractivity contribution in [1.82, 2.24) is 0 Å². The van der Waals surface area contributed by atoms with E-state index in [2.05, 4.69) is 6.92 Å². The van der Waals surface area contributed by atoms with Crippen LogP contribution in [0.4, 0.5) is 0 Å². The van der Waals surface area contributed by atoms with Crippen LogP contribution in [-0.2, 0) is 4.79 Å². The molecule has 1 atom stereocenters. The smallest absolute Gasteiger partial charge is 0.303 e. The summed E-state index contributed by atoms with van der Waals surface area (Å²) >= 11 is 0. The molecule has 0 spiro atoms. The van der Waals surface area contributed by atoms with Crippen LogP contribution in [0.1, 0.15) is 148 Å². The Kier molecular flexibility index (Phi) is 22.3. The Labute approximate surface area is 175 Å². The quantitative estimate of drug-likeness (QED) is 0.171. The van der Waals surface area contributed by atoms with E-state index >= 15 is 0 Å². The first-order chi connectivity index (χ1) is 13.7. The summed E-state index contributed by atoms with van der Waals surface area (Å²) in [4.78, 5) is 10.4. The van der Waals surface area contributed by atoms with Crippen LogP contribution in [-0.4, -0.2) is 22.3 Å². The molecular formula is C25H50O3. The molecule has 0 aromatic rings. The fourth-order valence-corrected chi connectivity index (χ4v) is 3.91. The van der Waals surface area contributed by atoms with Crippen molar-refractivity contribution in [3.8, 4) is 0 Å². The van der Waals surface area contributed by atoms with Gasteiger partial charge in [-0.1, -0.05) is 122 Å². The molecule has 0 saturated heterocycles. The van der Waals surface area contributed by atoms with E-state index < -0.39 is 5.97 Å². The molecule has 0 rings (SSSR count). The molecule has 0 heterocycles. The fourth-order valence-electron chi connectivity index (χ4n) is 3.91. The normalized spacial score (nSPS) is 12.4. The second kappa shape index (κ2) is 22.7. The molecule has 3 nitrogen and oxygen atoms in total. The number of hydrogen-bond donors (Lipinski definition) is 2. The van der Waals surface area contributed by atoms with Crippen LogP contribution in [0.15, 0.2) is 0 Å². The van der Waals surface area contributed by atoms with Crippen molar-refractivity contribution in [3.63, 3.8) is 0 Å². The molecule has 0 saturated carbocycles. The average Bonchev–Trinajstić information content (AvgIpc) is 2.67. The van der Waals surface area contributed by atoms with Gasteiger partial charge in [0.25, 0.3) is 0 Å². The Hall–Kier alpha value is -0.570. The summed E-state index contributed by atoms with van der Waals surface area (Å²) in [5.74, 6) is -0.684. The van der Waals surface area contributed by atoms with Gasteiger partial charge in [-0.25, -0.2) is 0 Å². The van der Waals surface area contributed by atoms with Gasteiger partial charge in [0, 0.05) is 6.42 Å². The van der Waals surface area contributed by atoms with E-state index in [1.807, 2.05) is 0 Å². The summed E-state index contributed by atoms with van der Waals surface area (Å²) < 4.78 is 0. The standard InChI is InChI=1S/C25H50O3/c1-2-3-4-5-6-7-8-9-10-11-12-15-18-21-24(26)22-19-16-13-14-17-20-23-25(27)28/h24,26H,2-23H2,1H3,(H,27,28). The minimum atomic E-state index is -0.684. The van der Waals surface area contributed by atoms with Gasteiger partial charge in [-0.3, -0.25) is 4.79 Å². The highest BCUT2D eigenvalue weighted by atomic mass is 16.4. The van der Waals surface area contributed by atoms with Crippen molar-refractivity contribution in [2.75, 3.05) is 0 Å². The third-order valence-corrected chi connectivity index (χ3v) is 5.82. The molecule has 168 valence electrons. The van der Waals surface area contributed by atoms with Gasteiger partial charge in [0.1, 0.15) is 0 Å². The first kappa shape index (κ1) is 27.4. The molecule has 0 aromatic carbocycles. The van der Waals surface area contributed by atoms with E-state index in [-0.39, 0.29) is 6.10 Å². The minimum absolute atomic E-state index is 0.111. The summed E-state index contributed by atoms with van der Waals surface area (Å²) in [7, 11) is 0. The Morgan fingerprint density at radius 1 is 0.571 bits per heavy atom. The van der Waals surface area contributed by atoms with Gasteiger partial charge in [0.05, 0.1) is 6.10 Å². The molecule has 0 fully saturated rings. The molecule has 0 aliphatic rings. The molecule has 0 bridgehead atoms. The van der Waals surface area contributed by atoms with Crippen LogP contribution in [0.3, 0.4) is 0 Å². The SMILES string of the molecule is CCCCCCCCCCCCCCCC(O)CCCCCCCCC(=O)O. The van der Waals surface area contributed by atoms with Crippen LogP contribution in [0.5, 0.6) is 0 Å². The Morgan fingerprint density at radius 2 is 0.893 bits per heavy atom. The van der Waals surface area contributed by atoms with Crippen molar-refractivity contribution in [3.05, 3.63) is 0 Å². The maximum absolute atomic E-state index is 10.4. The van der Waals surface area contributed by atoms with Crippen LogP contribution >= 0.6 is 0 Å². The molecule has 0 aromatic heterocycles. The van der Waals surface area contributed by atoms with Crippen molar-refractivity contribution >= 4 is 5.97 Å². The van der Waals surface area contributed by atoms with E-state index in [9.17, 15) is 9.90 Å². The first-order valence-electron chi connectivity index (χ1n) is 12.6. The molecule has 0 aliphatic carbocycles. The van der Waals surface area contributed by atoms with Gasteiger partial charge in [-0.15, -0.1) is 0 Å². The Balaban J connectivity index is 3.15. The summed E-state index contributed by atoms with van der Waals surface area (Å²) in [6, 6.07) is 0. The van der Waals surface area contributed by atoms with Gasteiger partial charge in [-0.2, -0.15) is 0 Å². The molecule has 0 aliphatic heterocycles. The number of carboxylic acid groups (broad SMARTS) is 1. The molecule has 28 heavy (non-hydrogen) atoms. The molecule has 0 radical (unpaired) electrons. The number of hydrogen-bond acceptors (Lipinski definition) is 2. The van der Waals surface area contributed by atoms with E-state index in [0.717, 1.165) is 38.5 Å². The molecule has 2 N–H and O–H groups in total. The maximum atomic E-state index is 10.4. The number of unbranched alkanes of at least 4 members (excludes halogenated alkanes) is 17. The first-order valence-corrected chi connectivity index (χ1v) is 12.6. The lowest BCUT2D eigenvalue weighted by atomic mass is 10.0. The highest BCUT2D eigenvalue weighted by Gasteiger charge is 2.04. The second-order valence-electron chi connectivity index (χ2n) is 8.74. The van der Waals surface area contributed by atoms with Crippen molar-refractivity contribution < 1.29 is 15.0 Å². The zero-order valence-corrected chi connectivity index (χ0v) is 18.9. The van der Waals surface area contributed by atoms with E-state index in [1.54, 1.807) is 0 Å². The van der Waals surface area contributed by atoms with Crippen LogP contribution in [0, 0.1) is 0 Å². The molecular weight excluding hydrogens is 348 g/mol. The van der Waals surface area contributed by atoms with E-state index in [0.29, 0.717) is 6.42 Å². The Morgan fingerprint density at radius 3 is 1.25 bits per heavy atom. The maximum Gasteiger partial charge on any atom is 0.303 e. The highest BCUT2D eigenvalue weighted by Crippen LogP contribution is 2.15. The third kappa shape index (κ3) is 23.5. The van der Waals surface area contributed by atoms with Crippen molar-refractivity contribution in [1.29, 1.82) is 0 Å². The third-order valence-electron chi connectivity index (χ3n) is 5.82. The predicted molar refractivity (Wildman–Crippen MR) is 121 cm³/mol. The lowest BCUT2D eigenvalue weighted by Crippen LogP contribution is -2.05. The Bertz CT molecular complexity index is 317. The summed E-state index contributed by atoms with van der Waals surface area (Å²) in [5, 5.41) is 18.6. The van der Waals surface area contributed by atoms with Crippen LogP contribution in [0.25, 0.3) is 0 Å². The number of aliphatic hydroxyl groups is 1. The average molecular weight is 399 g/mol. The zero-order chi connectivity index (χ0) is 20.7. The fraction of sp³-hybridized carbons (Fsp3) is 0.960. The number of aliphatic carboxylic acids is 1. The van der Waals surface area contributed by atoms with E-state index in [4.69, 9.17) is 5.11 Å². The number of carboxylic acids is 1. The van der Waals surface area contributed by atoms with Gasteiger partial charge < -0.3 is 10.2 Å². The lowest BCUT2D eigenvalue weighted by molar-refractivity contribution is -0.137. The summed E-state index contributed by atoms with van der Waals surface area (Å²) in [6.07, 6.45) is 26.3. The van der Waals surface area contributed by atoms with Crippen molar-refractivity contribution in [2.24, 2.45) is 0 Å².